The number of methoxy groups -OCH3 is 2. The van der Waals surface area contributed by atoms with Crippen molar-refractivity contribution in [2.45, 2.75) is 23.4 Å². The van der Waals surface area contributed by atoms with Crippen molar-refractivity contribution in [1.82, 2.24) is 9.97 Å². The first-order valence-electron chi connectivity index (χ1n) is 9.21. The molecule has 0 spiro atoms. The Labute approximate surface area is 184 Å². The lowest BCUT2D eigenvalue weighted by molar-refractivity contribution is -0.253. The van der Waals surface area contributed by atoms with Crippen LogP contribution < -0.4 is 19.1 Å². The zero-order valence-electron chi connectivity index (χ0n) is 17.6. The van der Waals surface area contributed by atoms with Crippen molar-refractivity contribution >= 4 is 27.9 Å². The van der Waals surface area contributed by atoms with Crippen molar-refractivity contribution in [2.75, 3.05) is 33.2 Å². The first-order valence-corrected chi connectivity index (χ1v) is 10.5. The highest BCUT2D eigenvalue weighted by atomic mass is 32.2. The molecule has 1 aromatic heterocycles. The molecule has 32 heavy (non-hydrogen) atoms. The predicted octanol–water partition coefficient (Wildman–Crippen LogP) is 4.19. The normalized spacial score (nSPS) is 12.8. The Morgan fingerprint density at radius 1 is 1.12 bits per heavy atom. The van der Waals surface area contributed by atoms with Gasteiger partial charge in [0.1, 0.15) is 11.5 Å². The van der Waals surface area contributed by atoms with Crippen LogP contribution in [0.1, 0.15) is 5.56 Å². The highest BCUT2D eigenvalue weighted by Gasteiger charge is 2.44. The van der Waals surface area contributed by atoms with Crippen LogP contribution in [0.5, 0.6) is 17.2 Å². The summed E-state index contributed by atoms with van der Waals surface area (Å²) in [5, 5.41) is 0.0947. The van der Waals surface area contributed by atoms with Crippen molar-refractivity contribution in [2.24, 2.45) is 0 Å². The third kappa shape index (κ3) is 4.96. The Bertz CT molecular complexity index is 1090. The second kappa shape index (κ2) is 9.33. The molecular formula is C20H21F4N3O4S. The number of aromatic amines is 1. The maximum Gasteiger partial charge on any atom is 0.461 e. The van der Waals surface area contributed by atoms with Gasteiger partial charge in [0, 0.05) is 48.7 Å². The Kier molecular flexibility index (Phi) is 6.94. The third-order valence-corrected chi connectivity index (χ3v) is 5.71. The molecule has 0 bridgehead atoms. The van der Waals surface area contributed by atoms with Gasteiger partial charge in [-0.25, -0.2) is 0 Å². The number of H-pyrrole nitrogens is 1. The Balaban J connectivity index is 1.88. The monoisotopic (exact) mass is 475 g/mol. The molecule has 0 radical (unpaired) electrons. The van der Waals surface area contributed by atoms with Crippen LogP contribution >= 0.6 is 0 Å². The summed E-state index contributed by atoms with van der Waals surface area (Å²) in [6.45, 7) is 0. The van der Waals surface area contributed by atoms with E-state index in [2.05, 4.69) is 14.7 Å². The van der Waals surface area contributed by atoms with Gasteiger partial charge in [0.25, 0.3) is 0 Å². The summed E-state index contributed by atoms with van der Waals surface area (Å²) in [5.74, 6) is 0.570. The minimum Gasteiger partial charge on any atom is -0.609 e. The van der Waals surface area contributed by atoms with Crippen molar-refractivity contribution in [3.8, 4) is 17.2 Å². The number of halogens is 4. The van der Waals surface area contributed by atoms with E-state index in [4.69, 9.17) is 9.47 Å². The molecule has 0 saturated carbocycles. The summed E-state index contributed by atoms with van der Waals surface area (Å²) in [7, 11) is 6.65. The highest BCUT2D eigenvalue weighted by Crippen LogP contribution is 2.36. The number of aromatic nitrogens is 2. The molecule has 0 aliphatic carbocycles. The van der Waals surface area contributed by atoms with Gasteiger partial charge in [0.05, 0.1) is 25.3 Å². The van der Waals surface area contributed by atoms with Crippen LogP contribution in [0.15, 0.2) is 35.5 Å². The first-order chi connectivity index (χ1) is 15.1. The number of alkyl halides is 4. The number of hydrogen-bond acceptors (Lipinski definition) is 6. The van der Waals surface area contributed by atoms with E-state index in [-0.39, 0.29) is 16.4 Å². The molecule has 3 aromatic rings. The number of ether oxygens (including phenoxy) is 3. The molecule has 3 rings (SSSR count). The van der Waals surface area contributed by atoms with E-state index < -0.39 is 29.5 Å². The van der Waals surface area contributed by atoms with E-state index in [9.17, 15) is 22.1 Å². The Morgan fingerprint density at radius 3 is 2.38 bits per heavy atom. The maximum atomic E-state index is 13.2. The van der Waals surface area contributed by atoms with E-state index >= 15 is 0 Å². The van der Waals surface area contributed by atoms with Crippen LogP contribution in [0.25, 0.3) is 11.0 Å². The van der Waals surface area contributed by atoms with E-state index in [0.29, 0.717) is 22.6 Å². The second-order valence-electron chi connectivity index (χ2n) is 6.91. The largest absolute Gasteiger partial charge is 0.609 e. The van der Waals surface area contributed by atoms with Crippen LogP contribution in [0, 0.1) is 0 Å². The molecule has 0 aliphatic rings. The predicted molar refractivity (Wildman–Crippen MR) is 112 cm³/mol. The van der Waals surface area contributed by atoms with Crippen LogP contribution in [-0.4, -0.2) is 55.4 Å². The fraction of sp³-hybridized carbons (Fsp3) is 0.350. The lowest BCUT2D eigenvalue weighted by Crippen LogP contribution is -2.33. The fourth-order valence-corrected chi connectivity index (χ4v) is 4.06. The zero-order chi connectivity index (χ0) is 23.6. The van der Waals surface area contributed by atoms with Crippen LogP contribution in [0.3, 0.4) is 0 Å². The molecule has 1 unspecified atom stereocenters. The van der Waals surface area contributed by atoms with Crippen molar-refractivity contribution in [3.63, 3.8) is 0 Å². The number of hydrogen-bond donors (Lipinski definition) is 1. The van der Waals surface area contributed by atoms with Gasteiger partial charge in [0.15, 0.2) is 11.5 Å². The number of imidazole rings is 1. The van der Waals surface area contributed by atoms with Crippen LogP contribution in [0.2, 0.25) is 0 Å². The number of benzene rings is 2. The van der Waals surface area contributed by atoms with Gasteiger partial charge in [-0.05, 0) is 18.2 Å². The molecular weight excluding hydrogens is 454 g/mol. The zero-order valence-corrected chi connectivity index (χ0v) is 18.4. The molecule has 7 nitrogen and oxygen atoms in total. The Hall–Kier alpha value is -2.86. The summed E-state index contributed by atoms with van der Waals surface area (Å²) < 4.78 is 78.7. The lowest BCUT2D eigenvalue weighted by Gasteiger charge is -2.20. The van der Waals surface area contributed by atoms with Crippen LogP contribution in [-0.2, 0) is 16.9 Å². The Morgan fingerprint density at radius 2 is 1.78 bits per heavy atom. The SMILES string of the molecule is COc1cc(C[S+]([O-])c2nc3cc(OC(F)(F)C(F)F)ccc3[nH]2)c(N(C)C)cc1OC. The van der Waals surface area contributed by atoms with E-state index in [0.717, 1.165) is 17.8 Å². The number of fused-ring (bicyclic) bond motifs is 1. The van der Waals surface area contributed by atoms with Gasteiger partial charge in [0.2, 0.25) is 0 Å². The smallest absolute Gasteiger partial charge is 0.461 e. The number of nitrogens with one attached hydrogen (secondary N) is 1. The topological polar surface area (TPSA) is 82.7 Å². The molecule has 174 valence electrons. The summed E-state index contributed by atoms with van der Waals surface area (Å²) in [6.07, 6.45) is -8.61. The molecule has 12 heteroatoms. The van der Waals surface area contributed by atoms with Crippen molar-refractivity contribution in [3.05, 3.63) is 35.9 Å². The number of nitrogens with zero attached hydrogens (tertiary/aromatic N) is 2. The van der Waals surface area contributed by atoms with Crippen molar-refractivity contribution in [1.29, 1.82) is 0 Å². The van der Waals surface area contributed by atoms with E-state index in [1.54, 1.807) is 12.1 Å². The maximum absolute atomic E-state index is 13.2. The minimum absolute atomic E-state index is 0.0699. The second-order valence-corrected chi connectivity index (χ2v) is 8.27. The summed E-state index contributed by atoms with van der Waals surface area (Å²) in [6, 6.07) is 6.98. The molecule has 0 saturated heterocycles. The molecule has 1 N–H and O–H groups in total. The van der Waals surface area contributed by atoms with E-state index in [1.165, 1.54) is 20.3 Å². The molecule has 1 atom stereocenters. The van der Waals surface area contributed by atoms with Gasteiger partial charge in [-0.1, -0.05) is 0 Å². The van der Waals surface area contributed by atoms with Gasteiger partial charge < -0.3 is 23.7 Å². The standard InChI is InChI=1S/C20H21F4N3O4S/c1-27(2)15-9-17(30-4)16(29-3)7-11(15)10-32(28)19-25-13-6-5-12(8-14(13)26-19)31-20(23,24)18(21)22/h5-9,18H,10H2,1-4H3,(H,25,26). The molecule has 0 amide bonds. The number of rotatable bonds is 9. The first kappa shape index (κ1) is 23.8. The van der Waals surface area contributed by atoms with Gasteiger partial charge >= 0.3 is 17.7 Å². The van der Waals surface area contributed by atoms with Gasteiger partial charge in [-0.3, -0.25) is 4.98 Å². The van der Waals surface area contributed by atoms with Crippen molar-refractivity contribution < 1.29 is 36.3 Å². The summed E-state index contributed by atoms with van der Waals surface area (Å²) in [5.41, 5.74) is 2.00. The molecule has 0 fully saturated rings. The van der Waals surface area contributed by atoms with Gasteiger partial charge in [-0.15, -0.1) is 0 Å². The molecule has 2 aromatic carbocycles. The lowest BCUT2D eigenvalue weighted by atomic mass is 10.1. The van der Waals surface area contributed by atoms with Crippen LogP contribution in [0.4, 0.5) is 23.2 Å². The molecule has 0 aliphatic heterocycles. The van der Waals surface area contributed by atoms with Gasteiger partial charge in [-0.2, -0.15) is 22.5 Å². The fourth-order valence-electron chi connectivity index (χ4n) is 2.99. The highest BCUT2D eigenvalue weighted by molar-refractivity contribution is 7.90. The quantitative estimate of drug-likeness (QED) is 0.369. The molecule has 1 heterocycles. The summed E-state index contributed by atoms with van der Waals surface area (Å²) >= 11 is -1.64. The number of anilines is 1. The van der Waals surface area contributed by atoms with E-state index in [1.807, 2.05) is 19.0 Å². The third-order valence-electron chi connectivity index (χ3n) is 4.51. The average Bonchev–Trinajstić information content (AvgIpc) is 3.16. The summed E-state index contributed by atoms with van der Waals surface area (Å²) in [4.78, 5) is 8.85. The average molecular weight is 475 g/mol. The minimum atomic E-state index is -4.63.